The van der Waals surface area contributed by atoms with E-state index in [0.717, 1.165) is 36.0 Å². The third-order valence-electron chi connectivity index (χ3n) is 5.16. The molecule has 0 saturated carbocycles. The lowest BCUT2D eigenvalue weighted by atomic mass is 9.85. The highest BCUT2D eigenvalue weighted by Crippen LogP contribution is 2.39. The summed E-state index contributed by atoms with van der Waals surface area (Å²) in [5.74, 6) is 0.940. The molecule has 0 radical (unpaired) electrons. The number of hydrogen-bond donors (Lipinski definition) is 2. The minimum absolute atomic E-state index is 0.180. The van der Waals surface area contributed by atoms with Crippen molar-refractivity contribution in [1.29, 1.82) is 0 Å². The zero-order chi connectivity index (χ0) is 22.1. The van der Waals surface area contributed by atoms with Crippen molar-refractivity contribution < 1.29 is 14.3 Å². The van der Waals surface area contributed by atoms with Gasteiger partial charge in [0.15, 0.2) is 0 Å². The summed E-state index contributed by atoms with van der Waals surface area (Å²) in [7, 11) is 4.01. The zero-order valence-corrected chi connectivity index (χ0v) is 19.6. The number of likely N-dealkylation sites (N-methyl/N-ethyl adjacent to an activating group) is 2. The van der Waals surface area contributed by atoms with E-state index in [-0.39, 0.29) is 5.92 Å². The van der Waals surface area contributed by atoms with Crippen molar-refractivity contribution in [2.75, 3.05) is 60.2 Å². The molecule has 0 fully saturated rings. The van der Waals surface area contributed by atoms with Gasteiger partial charge < -0.3 is 24.5 Å². The molecular weight excluding hydrogens is 437 g/mol. The second kappa shape index (κ2) is 12.6. The Kier molecular flexibility index (Phi) is 9.87. The van der Waals surface area contributed by atoms with Crippen LogP contribution < -0.4 is 15.6 Å². The predicted molar refractivity (Wildman–Crippen MR) is 125 cm³/mol. The van der Waals surface area contributed by atoms with Crippen LogP contribution in [0.15, 0.2) is 36.4 Å². The highest BCUT2D eigenvalue weighted by Gasteiger charge is 2.27. The maximum atomic E-state index is 6.48. The van der Waals surface area contributed by atoms with Crippen LogP contribution in [0.25, 0.3) is 0 Å². The fraction of sp³-hybridized carbons (Fsp3) is 0.478. The van der Waals surface area contributed by atoms with Crippen LogP contribution in [0.4, 0.5) is 0 Å². The Morgan fingerprint density at radius 3 is 2.58 bits per heavy atom. The topological polar surface area (TPSA) is 55.0 Å². The number of hydrogen-bond acceptors (Lipinski definition) is 6. The smallest absolute Gasteiger partial charge is 0.147 e. The Morgan fingerprint density at radius 1 is 1.03 bits per heavy atom. The molecule has 3 rings (SSSR count). The SMILES string of the molecule is CNCCOCCOCCNOc1cccc([C@@H]2CN(C)Cc3c(Cl)cc(Cl)cc32)c1. The number of halogens is 2. The Labute approximate surface area is 194 Å². The van der Waals surface area contributed by atoms with Gasteiger partial charge in [0, 0.05) is 35.6 Å². The summed E-state index contributed by atoms with van der Waals surface area (Å²) < 4.78 is 10.9. The quantitative estimate of drug-likeness (QED) is 0.366. The first-order valence-corrected chi connectivity index (χ1v) is 11.3. The van der Waals surface area contributed by atoms with Gasteiger partial charge >= 0.3 is 0 Å². The number of nitrogens with one attached hydrogen (secondary N) is 2. The third-order valence-corrected chi connectivity index (χ3v) is 5.72. The highest BCUT2D eigenvalue weighted by molar-refractivity contribution is 6.35. The monoisotopic (exact) mass is 467 g/mol. The van der Waals surface area contributed by atoms with Gasteiger partial charge in [-0.25, -0.2) is 0 Å². The molecule has 1 aliphatic rings. The van der Waals surface area contributed by atoms with Crippen LogP contribution in [-0.2, 0) is 16.0 Å². The molecule has 2 aromatic rings. The van der Waals surface area contributed by atoms with Crippen LogP contribution in [0.1, 0.15) is 22.6 Å². The van der Waals surface area contributed by atoms with E-state index in [9.17, 15) is 0 Å². The number of benzene rings is 2. The normalized spacial score (nSPS) is 16.3. The number of fused-ring (bicyclic) bond motifs is 1. The summed E-state index contributed by atoms with van der Waals surface area (Å²) in [5.41, 5.74) is 6.45. The Bertz CT molecular complexity index is 838. The van der Waals surface area contributed by atoms with E-state index in [0.29, 0.717) is 38.0 Å². The van der Waals surface area contributed by atoms with Crippen molar-refractivity contribution in [3.63, 3.8) is 0 Å². The Hall–Kier alpha value is -1.38. The van der Waals surface area contributed by atoms with Gasteiger partial charge in [-0.1, -0.05) is 35.3 Å². The third kappa shape index (κ3) is 7.32. The molecule has 6 nitrogen and oxygen atoms in total. The van der Waals surface area contributed by atoms with E-state index in [4.69, 9.17) is 37.5 Å². The van der Waals surface area contributed by atoms with Crippen LogP contribution >= 0.6 is 23.2 Å². The molecule has 0 aromatic heterocycles. The molecule has 2 N–H and O–H groups in total. The summed E-state index contributed by atoms with van der Waals surface area (Å²) in [6.45, 7) is 5.55. The first-order valence-electron chi connectivity index (χ1n) is 10.5. The summed E-state index contributed by atoms with van der Waals surface area (Å²) >= 11 is 12.8. The van der Waals surface area contributed by atoms with Gasteiger partial charge in [0.05, 0.1) is 33.0 Å². The molecule has 0 amide bonds. The second-order valence-electron chi connectivity index (χ2n) is 7.60. The van der Waals surface area contributed by atoms with Gasteiger partial charge in [0.1, 0.15) is 5.75 Å². The van der Waals surface area contributed by atoms with E-state index >= 15 is 0 Å². The van der Waals surface area contributed by atoms with Crippen LogP contribution in [0.3, 0.4) is 0 Å². The van der Waals surface area contributed by atoms with E-state index < -0.39 is 0 Å². The standard InChI is InChI=1S/C23H31Cl2N3O3/c1-26-6-8-29-10-11-30-9-7-27-31-19-5-3-4-17(12-19)21-15-28(2)16-22-20(21)13-18(24)14-23(22)25/h3-5,12-14,21,26-27H,6-11,15-16H2,1-2H3/t21-/m0/s1. The number of rotatable bonds is 12. The van der Waals surface area contributed by atoms with Gasteiger partial charge in [0.25, 0.3) is 0 Å². The number of nitrogens with zero attached hydrogens (tertiary/aromatic N) is 1. The van der Waals surface area contributed by atoms with Gasteiger partial charge in [-0.15, -0.1) is 0 Å². The van der Waals surface area contributed by atoms with Crippen LogP contribution in [0.2, 0.25) is 10.0 Å². The molecule has 0 aliphatic carbocycles. The maximum Gasteiger partial charge on any atom is 0.147 e. The Balaban J connectivity index is 1.51. The van der Waals surface area contributed by atoms with Gasteiger partial charge in [0.2, 0.25) is 0 Å². The first-order chi connectivity index (χ1) is 15.1. The maximum absolute atomic E-state index is 6.48. The molecule has 0 saturated heterocycles. The van der Waals surface area contributed by atoms with Crippen molar-refractivity contribution in [3.05, 3.63) is 63.1 Å². The molecule has 8 heteroatoms. The van der Waals surface area contributed by atoms with E-state index in [1.54, 1.807) is 0 Å². The predicted octanol–water partition coefficient (Wildman–Crippen LogP) is 3.71. The van der Waals surface area contributed by atoms with Crippen molar-refractivity contribution in [3.8, 4) is 5.75 Å². The summed E-state index contributed by atoms with van der Waals surface area (Å²) in [6, 6.07) is 12.0. The lowest BCUT2D eigenvalue weighted by Crippen LogP contribution is -2.31. The largest absolute Gasteiger partial charge is 0.409 e. The molecular formula is C23H31Cl2N3O3. The van der Waals surface area contributed by atoms with Crippen molar-refractivity contribution >= 4 is 23.2 Å². The molecule has 2 aromatic carbocycles. The minimum atomic E-state index is 0.180. The lowest BCUT2D eigenvalue weighted by molar-refractivity contribution is 0.0414. The van der Waals surface area contributed by atoms with Crippen molar-refractivity contribution in [2.24, 2.45) is 0 Å². The van der Waals surface area contributed by atoms with Crippen molar-refractivity contribution in [2.45, 2.75) is 12.5 Å². The zero-order valence-electron chi connectivity index (χ0n) is 18.1. The molecule has 1 heterocycles. The molecule has 1 aliphatic heterocycles. The summed E-state index contributed by atoms with van der Waals surface area (Å²) in [4.78, 5) is 8.00. The van der Waals surface area contributed by atoms with Gasteiger partial charge in [-0.05, 0) is 55.1 Å². The molecule has 0 spiro atoms. The van der Waals surface area contributed by atoms with E-state index in [1.165, 1.54) is 11.1 Å². The van der Waals surface area contributed by atoms with Gasteiger partial charge in [-0.2, -0.15) is 5.48 Å². The fourth-order valence-corrected chi connectivity index (χ4v) is 4.24. The molecule has 0 bridgehead atoms. The highest BCUT2D eigenvalue weighted by atomic mass is 35.5. The fourth-order valence-electron chi connectivity index (χ4n) is 3.67. The lowest BCUT2D eigenvalue weighted by Gasteiger charge is -2.33. The van der Waals surface area contributed by atoms with E-state index in [2.05, 4.69) is 34.9 Å². The molecule has 1 atom stereocenters. The van der Waals surface area contributed by atoms with E-state index in [1.807, 2.05) is 31.3 Å². The summed E-state index contributed by atoms with van der Waals surface area (Å²) in [5, 5.41) is 4.42. The molecule has 170 valence electrons. The van der Waals surface area contributed by atoms with Gasteiger partial charge in [-0.3, -0.25) is 0 Å². The first kappa shape index (κ1) is 24.3. The number of hydroxylamine groups is 1. The minimum Gasteiger partial charge on any atom is -0.409 e. The van der Waals surface area contributed by atoms with Crippen LogP contribution in [0, 0.1) is 0 Å². The Morgan fingerprint density at radius 2 is 1.81 bits per heavy atom. The van der Waals surface area contributed by atoms with Crippen molar-refractivity contribution in [1.82, 2.24) is 15.7 Å². The van der Waals surface area contributed by atoms with Crippen LogP contribution in [0.5, 0.6) is 5.75 Å². The number of ether oxygens (including phenoxy) is 2. The molecule has 31 heavy (non-hydrogen) atoms. The average Bonchev–Trinajstić information content (AvgIpc) is 2.75. The second-order valence-corrected chi connectivity index (χ2v) is 8.45. The summed E-state index contributed by atoms with van der Waals surface area (Å²) in [6.07, 6.45) is 0. The van der Waals surface area contributed by atoms with Crippen LogP contribution in [-0.4, -0.2) is 65.1 Å². The molecule has 0 unspecified atom stereocenters. The average molecular weight is 468 g/mol.